The molecule has 0 amide bonds. The molecule has 0 saturated heterocycles. The fraction of sp³-hybridized carbons (Fsp3) is 0.600. The van der Waals surface area contributed by atoms with Crippen LogP contribution in [0.25, 0.3) is 10.8 Å². The Labute approximate surface area is 177 Å². The highest BCUT2D eigenvalue weighted by Crippen LogP contribution is 2.36. The van der Waals surface area contributed by atoms with E-state index in [1.807, 2.05) is 6.92 Å². The number of rotatable bonds is 10. The predicted octanol–water partition coefficient (Wildman–Crippen LogP) is 7.81. The minimum atomic E-state index is -1.22. The molecule has 1 saturated carbocycles. The number of hydrogen-bond acceptors (Lipinski definition) is 2. The Balaban J connectivity index is 1.64. The maximum Gasteiger partial charge on any atom is 0.201 e. The molecule has 0 atom stereocenters. The van der Waals surface area contributed by atoms with Crippen molar-refractivity contribution < 1.29 is 22.6 Å². The van der Waals surface area contributed by atoms with E-state index in [-0.39, 0.29) is 22.3 Å². The molecule has 0 aliphatic heterocycles. The van der Waals surface area contributed by atoms with E-state index in [1.165, 1.54) is 50.7 Å². The third-order valence-corrected chi connectivity index (χ3v) is 6.17. The van der Waals surface area contributed by atoms with Gasteiger partial charge in [0, 0.05) is 0 Å². The zero-order chi connectivity index (χ0) is 21.5. The van der Waals surface area contributed by atoms with Gasteiger partial charge in [-0.15, -0.1) is 0 Å². The summed E-state index contributed by atoms with van der Waals surface area (Å²) in [4.78, 5) is 0. The standard InChI is InChI=1S/C25H33F3O2/c1-3-5-6-7-17-8-10-18(11-9-17)16-30-21-15-19-12-13-20(29-14-4-2)23(26)22(19)25(28)24(21)27/h12-13,15,17-18H,3-11,14,16H2,1-2H3. The summed E-state index contributed by atoms with van der Waals surface area (Å²) in [6, 6.07) is 4.38. The molecule has 0 radical (unpaired) electrons. The molecule has 1 aliphatic carbocycles. The van der Waals surface area contributed by atoms with Crippen LogP contribution >= 0.6 is 0 Å². The third kappa shape index (κ3) is 5.41. The van der Waals surface area contributed by atoms with Crippen LogP contribution in [0.5, 0.6) is 11.5 Å². The number of halogens is 3. The average molecular weight is 423 g/mol. The zero-order valence-electron chi connectivity index (χ0n) is 18.1. The summed E-state index contributed by atoms with van der Waals surface area (Å²) in [6.45, 7) is 4.79. The molecular weight excluding hydrogens is 389 g/mol. The first-order valence-corrected chi connectivity index (χ1v) is 11.4. The van der Waals surface area contributed by atoms with E-state index in [4.69, 9.17) is 9.47 Å². The van der Waals surface area contributed by atoms with Gasteiger partial charge in [0.15, 0.2) is 23.1 Å². The quantitative estimate of drug-likeness (QED) is 0.364. The summed E-state index contributed by atoms with van der Waals surface area (Å²) in [5.41, 5.74) is 0. The molecule has 0 bridgehead atoms. The lowest BCUT2D eigenvalue weighted by atomic mass is 9.80. The zero-order valence-corrected chi connectivity index (χ0v) is 18.1. The lowest BCUT2D eigenvalue weighted by Crippen LogP contribution is -2.20. The monoisotopic (exact) mass is 422 g/mol. The van der Waals surface area contributed by atoms with Crippen molar-refractivity contribution in [2.24, 2.45) is 11.8 Å². The van der Waals surface area contributed by atoms with E-state index in [0.717, 1.165) is 18.8 Å². The van der Waals surface area contributed by atoms with Gasteiger partial charge in [0.05, 0.1) is 18.6 Å². The second kappa shape index (κ2) is 10.9. The SMILES string of the molecule is CCCCCC1CCC(COc2cc3ccc(OCCC)c(F)c3c(F)c2F)CC1. The molecule has 30 heavy (non-hydrogen) atoms. The highest BCUT2D eigenvalue weighted by Gasteiger charge is 2.24. The largest absolute Gasteiger partial charge is 0.491 e. The Hall–Kier alpha value is -1.91. The first kappa shape index (κ1) is 22.8. The van der Waals surface area contributed by atoms with Crippen molar-refractivity contribution in [3.05, 3.63) is 35.7 Å². The van der Waals surface area contributed by atoms with Gasteiger partial charge in [-0.05, 0) is 48.6 Å². The van der Waals surface area contributed by atoms with E-state index in [2.05, 4.69) is 6.92 Å². The van der Waals surface area contributed by atoms with Gasteiger partial charge >= 0.3 is 0 Å². The Morgan fingerprint density at radius 2 is 1.53 bits per heavy atom. The first-order valence-electron chi connectivity index (χ1n) is 11.4. The van der Waals surface area contributed by atoms with Gasteiger partial charge in [-0.25, -0.2) is 8.78 Å². The van der Waals surface area contributed by atoms with E-state index in [1.54, 1.807) is 6.07 Å². The molecule has 0 spiro atoms. The molecule has 0 N–H and O–H groups in total. The number of unbranched alkanes of at least 4 members (excludes halogenated alkanes) is 2. The molecule has 1 aliphatic rings. The summed E-state index contributed by atoms with van der Waals surface area (Å²) in [5.74, 6) is -2.30. The van der Waals surface area contributed by atoms with Gasteiger partial charge in [-0.1, -0.05) is 58.4 Å². The molecule has 0 heterocycles. The Kier molecular flexibility index (Phi) is 8.29. The molecule has 1 fully saturated rings. The van der Waals surface area contributed by atoms with Gasteiger partial charge < -0.3 is 9.47 Å². The van der Waals surface area contributed by atoms with Crippen LogP contribution < -0.4 is 9.47 Å². The van der Waals surface area contributed by atoms with Gasteiger partial charge in [0.25, 0.3) is 0 Å². The maximum absolute atomic E-state index is 14.6. The van der Waals surface area contributed by atoms with Crippen LogP contribution in [0.3, 0.4) is 0 Å². The fourth-order valence-electron chi connectivity index (χ4n) is 4.34. The molecule has 166 valence electrons. The summed E-state index contributed by atoms with van der Waals surface area (Å²) in [6.07, 6.45) is 10.3. The summed E-state index contributed by atoms with van der Waals surface area (Å²) >= 11 is 0. The Bertz CT molecular complexity index is 829. The number of hydrogen-bond donors (Lipinski definition) is 0. The van der Waals surface area contributed by atoms with Crippen LogP contribution in [0.2, 0.25) is 0 Å². The minimum absolute atomic E-state index is 0.0629. The highest BCUT2D eigenvalue weighted by atomic mass is 19.2. The summed E-state index contributed by atoms with van der Waals surface area (Å²) in [7, 11) is 0. The van der Waals surface area contributed by atoms with Crippen LogP contribution in [0.15, 0.2) is 18.2 Å². The van der Waals surface area contributed by atoms with Crippen molar-refractivity contribution in [1.82, 2.24) is 0 Å². The van der Waals surface area contributed by atoms with E-state index in [9.17, 15) is 13.2 Å². The van der Waals surface area contributed by atoms with Gasteiger partial charge in [-0.3, -0.25) is 0 Å². The second-order valence-corrected chi connectivity index (χ2v) is 8.52. The van der Waals surface area contributed by atoms with Crippen molar-refractivity contribution in [3.63, 3.8) is 0 Å². The fourth-order valence-corrected chi connectivity index (χ4v) is 4.34. The first-order chi connectivity index (χ1) is 14.5. The molecule has 0 unspecified atom stereocenters. The van der Waals surface area contributed by atoms with Crippen LogP contribution in [0.1, 0.15) is 71.6 Å². The van der Waals surface area contributed by atoms with Crippen molar-refractivity contribution in [2.45, 2.75) is 71.6 Å². The van der Waals surface area contributed by atoms with Gasteiger partial charge in [0.2, 0.25) is 5.82 Å². The lowest BCUT2D eigenvalue weighted by Gasteiger charge is -2.28. The molecule has 2 nitrogen and oxygen atoms in total. The van der Waals surface area contributed by atoms with Crippen molar-refractivity contribution >= 4 is 10.8 Å². The van der Waals surface area contributed by atoms with Crippen LogP contribution in [-0.2, 0) is 0 Å². The second-order valence-electron chi connectivity index (χ2n) is 8.52. The van der Waals surface area contributed by atoms with E-state index >= 15 is 0 Å². The van der Waals surface area contributed by atoms with Gasteiger partial charge in [0.1, 0.15) is 0 Å². The van der Waals surface area contributed by atoms with Gasteiger partial charge in [-0.2, -0.15) is 4.39 Å². The van der Waals surface area contributed by atoms with Crippen molar-refractivity contribution in [1.29, 1.82) is 0 Å². The van der Waals surface area contributed by atoms with E-state index < -0.39 is 17.5 Å². The predicted molar refractivity (Wildman–Crippen MR) is 115 cm³/mol. The number of benzene rings is 2. The Morgan fingerprint density at radius 3 is 2.23 bits per heavy atom. The molecule has 2 aromatic rings. The average Bonchev–Trinajstić information content (AvgIpc) is 2.75. The molecule has 2 aromatic carbocycles. The maximum atomic E-state index is 14.6. The van der Waals surface area contributed by atoms with Crippen LogP contribution in [0, 0.1) is 29.3 Å². The minimum Gasteiger partial charge on any atom is -0.491 e. The summed E-state index contributed by atoms with van der Waals surface area (Å²) in [5, 5.41) is -0.120. The molecular formula is C25H33F3O2. The number of fused-ring (bicyclic) bond motifs is 1. The normalized spacial score (nSPS) is 19.2. The molecule has 5 heteroatoms. The molecule has 0 aromatic heterocycles. The number of ether oxygens (including phenoxy) is 2. The Morgan fingerprint density at radius 1 is 0.800 bits per heavy atom. The lowest BCUT2D eigenvalue weighted by molar-refractivity contribution is 0.173. The third-order valence-electron chi connectivity index (χ3n) is 6.17. The van der Waals surface area contributed by atoms with Crippen molar-refractivity contribution in [2.75, 3.05) is 13.2 Å². The van der Waals surface area contributed by atoms with Crippen LogP contribution in [-0.4, -0.2) is 13.2 Å². The van der Waals surface area contributed by atoms with E-state index in [0.29, 0.717) is 25.6 Å². The molecule has 3 rings (SSSR count). The topological polar surface area (TPSA) is 18.5 Å². The highest BCUT2D eigenvalue weighted by molar-refractivity contribution is 5.86. The van der Waals surface area contributed by atoms with Crippen molar-refractivity contribution in [3.8, 4) is 11.5 Å². The summed E-state index contributed by atoms with van der Waals surface area (Å²) < 4.78 is 54.8. The smallest absolute Gasteiger partial charge is 0.201 e. The van der Waals surface area contributed by atoms with Crippen LogP contribution in [0.4, 0.5) is 13.2 Å².